The lowest BCUT2D eigenvalue weighted by molar-refractivity contribution is -0.790. The van der Waals surface area contributed by atoms with E-state index in [0.717, 1.165) is 12.8 Å². The highest BCUT2D eigenvalue weighted by atomic mass is 32.2. The van der Waals surface area contributed by atoms with Gasteiger partial charge in [0.15, 0.2) is 0 Å². The number of aliphatic carboxylic acids is 4. The van der Waals surface area contributed by atoms with Gasteiger partial charge in [-0.3, -0.25) is 0 Å². The summed E-state index contributed by atoms with van der Waals surface area (Å²) < 4.78 is 19.1. The Labute approximate surface area is 513 Å². The van der Waals surface area contributed by atoms with Crippen LogP contribution in [0.5, 0.6) is 0 Å². The summed E-state index contributed by atoms with van der Waals surface area (Å²) in [5.41, 5.74) is 0. The number of carboxylic acids is 4. The van der Waals surface area contributed by atoms with Crippen LogP contribution in [0.3, 0.4) is 0 Å². The highest BCUT2D eigenvalue weighted by Crippen LogP contribution is 2.09. The second kappa shape index (κ2) is 58.7. The zero-order valence-corrected chi connectivity index (χ0v) is 51.2. The predicted molar refractivity (Wildman–Crippen MR) is 305 cm³/mol. The van der Waals surface area contributed by atoms with E-state index in [1.165, 1.54) is 47.0 Å². The minimum Gasteiger partial charge on any atom is -0.480 e. The zero-order chi connectivity index (χ0) is 66.8. The van der Waals surface area contributed by atoms with Crippen LogP contribution in [0.15, 0.2) is 0 Å². The molecule has 0 aliphatic carbocycles. The normalized spacial score (nSPS) is 11.8. The lowest BCUT2D eigenvalue weighted by Crippen LogP contribution is -2.41. The number of nitrogens with one attached hydrogen (secondary N) is 4. The summed E-state index contributed by atoms with van der Waals surface area (Å²) in [6.45, 7) is -0.706. The van der Waals surface area contributed by atoms with Crippen molar-refractivity contribution in [3.8, 4) is 0 Å². The molecule has 4 amide bonds. The molecule has 0 aliphatic rings. The summed E-state index contributed by atoms with van der Waals surface area (Å²) in [5.74, 6) is -2.12. The third-order valence-electron chi connectivity index (χ3n) is 9.71. The van der Waals surface area contributed by atoms with Crippen LogP contribution in [-0.2, 0) is 62.3 Å². The Balaban J connectivity index is -0.000000532. The maximum Gasteiger partial charge on any atom is 0.407 e. The Bertz CT molecular complexity index is 2010. The largest absolute Gasteiger partial charge is 0.480 e. The highest BCUT2D eigenvalue weighted by molar-refractivity contribution is 7.99. The Morgan fingerprint density at radius 1 is 0.356 bits per heavy atom. The number of amides is 4. The van der Waals surface area contributed by atoms with Crippen LogP contribution in [0.2, 0.25) is 0 Å². The predicted octanol–water partition coefficient (Wildman–Crippen LogP) is 3.99. The summed E-state index contributed by atoms with van der Waals surface area (Å²) in [5, 5.41) is 89.7. The van der Waals surface area contributed by atoms with Crippen LogP contribution in [0.25, 0.3) is 0 Å². The van der Waals surface area contributed by atoms with Gasteiger partial charge in [-0.1, -0.05) is 6.42 Å². The minimum atomic E-state index is -1.17. The van der Waals surface area contributed by atoms with Crippen molar-refractivity contribution in [2.75, 3.05) is 101 Å². The molecule has 0 bridgehead atoms. The Morgan fingerprint density at radius 2 is 0.609 bits per heavy atom. The van der Waals surface area contributed by atoms with Gasteiger partial charge in [-0.2, -0.15) is 47.0 Å². The van der Waals surface area contributed by atoms with E-state index >= 15 is 0 Å². The van der Waals surface area contributed by atoms with Gasteiger partial charge in [0.2, 0.25) is 0 Å². The van der Waals surface area contributed by atoms with Gasteiger partial charge in [0.05, 0.1) is 46.2 Å². The number of alkyl carbamates (subject to hydrolysis) is 4. The first-order valence-electron chi connectivity index (χ1n) is 25.7. The number of hydrogen-bond donors (Lipinski definition) is 8. The average molecular weight is 1340 g/mol. The fourth-order valence-electron chi connectivity index (χ4n) is 5.51. The molecule has 87 heavy (non-hydrogen) atoms. The van der Waals surface area contributed by atoms with Gasteiger partial charge in [0.1, 0.15) is 36.9 Å². The lowest BCUT2D eigenvalue weighted by atomic mass is 10.2. The van der Waals surface area contributed by atoms with Crippen molar-refractivity contribution in [2.45, 2.75) is 120 Å². The molecule has 8 N–H and O–H groups in total. The van der Waals surface area contributed by atoms with E-state index in [0.29, 0.717) is 74.4 Å². The van der Waals surface area contributed by atoms with Gasteiger partial charge in [-0.15, -0.1) is 50.6 Å². The summed E-state index contributed by atoms with van der Waals surface area (Å²) in [7, 11) is 0. The first-order valence-corrected chi connectivity index (χ1v) is 31.2. The van der Waals surface area contributed by atoms with E-state index < -0.39 is 111 Å². The van der Waals surface area contributed by atoms with Gasteiger partial charge in [-0.25, -0.2) is 38.4 Å². The molecule has 0 rings (SSSR count). The van der Waals surface area contributed by atoms with E-state index in [2.05, 4.69) is 50.2 Å². The molecule has 0 aromatic carbocycles. The quantitative estimate of drug-likeness (QED) is 0.0185. The number of unbranched alkanes of at least 4 members (excludes halogenated alkanes) is 5. The van der Waals surface area contributed by atoms with Gasteiger partial charge >= 0.3 is 48.3 Å². The van der Waals surface area contributed by atoms with Crippen molar-refractivity contribution >= 4 is 95.3 Å². The molecule has 0 aromatic heterocycles. The molecule has 5 atom stereocenters. The standard InChI is InChI=1S/C12H21N3O10S.C12H22N2O7S.C10H18N2O7S.C9H16N2O7S/c1-26-7-5-10(11(16)17)13-12(18)23-6-3-2-4-9(25-15(21)22)8-24-14(19)20;1-22-9-6-10(11(15)16)13-12(17)20-7-4-2-3-5-8-21-14(18)19;1-20-7-4-8(9(13)14)11-10(15)18-5-2-3-6-19-12(16)17;1-19-6-3-7(8(12)13)10-9(14)17-4-2-5-18-11(15)16/h9-10H,2-8H2,1H3,(H,13,18)(H,16,17);10H,2-9H2,1H3,(H,13,17)(H,15,16);8H,2-7H2,1H3,(H,11,15)(H,13,14);7H,2-6H2,1H3,(H,10,14)(H,12,13). The molecule has 0 heterocycles. The number of thioether (sulfide) groups is 4. The number of ether oxygens (including phenoxy) is 4. The molecular weight excluding hydrogens is 1270 g/mol. The zero-order valence-electron chi connectivity index (χ0n) is 48.0. The van der Waals surface area contributed by atoms with Crippen LogP contribution in [-0.4, -0.2) is 225 Å². The fraction of sp³-hybridized carbons (Fsp3) is 0.814. The highest BCUT2D eigenvalue weighted by Gasteiger charge is 2.24. The Morgan fingerprint density at radius 3 is 0.885 bits per heavy atom. The second-order valence-corrected chi connectivity index (χ2v) is 20.4. The molecule has 0 radical (unpaired) electrons. The first kappa shape index (κ1) is 85.8. The Kier molecular flexibility index (Phi) is 57.9. The monoisotopic (exact) mass is 1340 g/mol. The van der Waals surface area contributed by atoms with Gasteiger partial charge in [0, 0.05) is 6.42 Å². The second-order valence-electron chi connectivity index (χ2n) is 16.4. The van der Waals surface area contributed by atoms with Crippen LogP contribution in [0, 0.1) is 50.6 Å². The smallest absolute Gasteiger partial charge is 0.407 e. The molecule has 0 fully saturated rings. The van der Waals surface area contributed by atoms with Gasteiger partial charge in [0.25, 0.3) is 25.4 Å². The van der Waals surface area contributed by atoms with Crippen molar-refractivity contribution in [3.05, 3.63) is 50.6 Å². The van der Waals surface area contributed by atoms with Crippen molar-refractivity contribution in [2.24, 2.45) is 0 Å². The fourth-order valence-corrected chi connectivity index (χ4v) is 7.40. The number of carboxylic acid groups (broad SMARTS) is 4. The van der Waals surface area contributed by atoms with E-state index in [9.17, 15) is 88.9 Å². The van der Waals surface area contributed by atoms with Crippen molar-refractivity contribution < 1.29 is 127 Å². The molecule has 0 saturated carbocycles. The Hall–Kier alpha value is -7.64. The van der Waals surface area contributed by atoms with E-state index in [4.69, 9.17) is 34.6 Å². The molecule has 0 aliphatic heterocycles. The summed E-state index contributed by atoms with van der Waals surface area (Å²) in [6.07, 6.45) is 8.30. The first-order chi connectivity index (χ1) is 41.2. The summed E-state index contributed by atoms with van der Waals surface area (Å²) in [4.78, 5) is 160. The topological polar surface area (TPSA) is 564 Å². The van der Waals surface area contributed by atoms with E-state index in [1.54, 1.807) is 0 Å². The van der Waals surface area contributed by atoms with Crippen LogP contribution < -0.4 is 21.3 Å². The number of carbonyl (C=O) groups excluding carboxylic acids is 4. The molecule has 0 aromatic rings. The number of rotatable bonds is 49. The van der Waals surface area contributed by atoms with E-state index in [-0.39, 0.29) is 71.9 Å². The molecule has 5 unspecified atom stereocenters. The summed E-state index contributed by atoms with van der Waals surface area (Å²) in [6, 6.07) is -3.98. The van der Waals surface area contributed by atoms with Crippen LogP contribution >= 0.6 is 47.0 Å². The molecule has 0 saturated heterocycles. The molecule has 504 valence electrons. The van der Waals surface area contributed by atoms with Crippen molar-refractivity contribution in [3.63, 3.8) is 0 Å². The van der Waals surface area contributed by atoms with Gasteiger partial charge in [-0.05, 0) is 125 Å². The number of nitrogens with zero attached hydrogens (tertiary/aromatic N) is 5. The maximum absolute atomic E-state index is 11.5. The minimum absolute atomic E-state index is 0.0434. The molecule has 0 spiro atoms. The van der Waals surface area contributed by atoms with Crippen LogP contribution in [0.1, 0.15) is 89.9 Å². The van der Waals surface area contributed by atoms with Crippen molar-refractivity contribution in [1.82, 2.24) is 21.3 Å². The third-order valence-corrected chi connectivity index (χ3v) is 12.3. The molecule has 40 nitrogen and oxygen atoms in total. The van der Waals surface area contributed by atoms with Crippen LogP contribution in [0.4, 0.5) is 19.2 Å². The van der Waals surface area contributed by atoms with E-state index in [1.807, 2.05) is 25.0 Å². The molecular formula is C43H77N9O31S4. The number of carbonyl (C=O) groups is 8. The maximum atomic E-state index is 11.5. The number of hydrogen-bond acceptors (Lipinski definition) is 31. The SMILES string of the molecule is CSCCC(NC(=O)OCCCCC(CO[N+](=O)[O-])O[N+](=O)[O-])C(=O)O.CSCCC(NC(=O)OCCCCCCO[N+](=O)[O-])C(=O)O.CSCCC(NC(=O)OCCCCO[N+](=O)[O-])C(=O)O.CSCCC(NC(=O)OCCCO[N+](=O)[O-])C(=O)O. The van der Waals surface area contributed by atoms with Crippen molar-refractivity contribution in [1.29, 1.82) is 0 Å². The average Bonchev–Trinajstić information content (AvgIpc) is 3.57. The third kappa shape index (κ3) is 62.7. The van der Waals surface area contributed by atoms with Gasteiger partial charge < -0.3 is 84.8 Å². The molecule has 44 heteroatoms. The lowest BCUT2D eigenvalue weighted by Gasteiger charge is -2.15. The summed E-state index contributed by atoms with van der Waals surface area (Å²) >= 11 is 5.89.